The molecule has 1 aromatic carbocycles. The number of carbonyl (C=O) groups is 1. The molecule has 176 valence electrons. The van der Waals surface area contributed by atoms with Gasteiger partial charge in [0.05, 0.1) is 37.2 Å². The van der Waals surface area contributed by atoms with Gasteiger partial charge in [0.1, 0.15) is 5.60 Å². The Labute approximate surface area is 188 Å². The van der Waals surface area contributed by atoms with Crippen LogP contribution in [0.4, 0.5) is 4.79 Å². The van der Waals surface area contributed by atoms with Crippen LogP contribution in [0.3, 0.4) is 0 Å². The number of rotatable bonds is 6. The first kappa shape index (κ1) is 27.2. The van der Waals surface area contributed by atoms with Crippen LogP contribution in [0.15, 0.2) is 30.5 Å². The summed E-state index contributed by atoms with van der Waals surface area (Å²) < 4.78 is 51.7. The Hall–Kier alpha value is -1.82. The predicted octanol–water partition coefficient (Wildman–Crippen LogP) is 3.45. The van der Waals surface area contributed by atoms with Crippen LogP contribution in [0, 0.1) is 0 Å². The number of aromatic nitrogens is 1. The van der Waals surface area contributed by atoms with E-state index in [4.69, 9.17) is 8.92 Å². The third-order valence-electron chi connectivity index (χ3n) is 3.70. The molecule has 1 atom stereocenters. The summed E-state index contributed by atoms with van der Waals surface area (Å²) in [7, 11) is -2.29. The number of benzene rings is 1. The maximum atomic E-state index is 12.7. The van der Waals surface area contributed by atoms with Crippen molar-refractivity contribution in [3.05, 3.63) is 36.0 Å². The highest BCUT2D eigenvalue weighted by Crippen LogP contribution is 2.21. The van der Waals surface area contributed by atoms with Gasteiger partial charge in [0.2, 0.25) is 9.05 Å². The Kier molecular flexibility index (Phi) is 9.36. The molecule has 0 unspecified atom stereocenters. The van der Waals surface area contributed by atoms with Crippen LogP contribution in [-0.2, 0) is 34.6 Å². The maximum Gasteiger partial charge on any atom is 0.410 e. The fourth-order valence-electron chi connectivity index (χ4n) is 2.50. The minimum Gasteiger partial charge on any atom is -0.444 e. The van der Waals surface area contributed by atoms with Gasteiger partial charge in [0, 0.05) is 16.9 Å². The summed E-state index contributed by atoms with van der Waals surface area (Å²) in [6.07, 6.45) is 3.22. The Bertz CT molecular complexity index is 1080. The molecule has 1 amide bonds. The maximum absolute atomic E-state index is 12.7. The van der Waals surface area contributed by atoms with Crippen molar-refractivity contribution in [2.75, 3.05) is 19.1 Å². The first-order valence-electron chi connectivity index (χ1n) is 9.25. The van der Waals surface area contributed by atoms with Crippen LogP contribution in [0.25, 0.3) is 10.9 Å². The molecule has 2 aromatic rings. The molecule has 2 rings (SSSR count). The summed E-state index contributed by atoms with van der Waals surface area (Å²) in [5.41, 5.74) is 1.17. The van der Waals surface area contributed by atoms with Crippen LogP contribution in [0.1, 0.15) is 33.3 Å². The number of H-pyrrole nitrogens is 1. The molecule has 0 fully saturated rings. The second-order valence-electron chi connectivity index (χ2n) is 7.99. The molecule has 31 heavy (non-hydrogen) atoms. The van der Waals surface area contributed by atoms with E-state index in [2.05, 4.69) is 15.7 Å². The number of para-hydroxylation sites is 1. The summed E-state index contributed by atoms with van der Waals surface area (Å²) in [6.45, 7) is 7.20. The minimum atomic E-state index is -3.60. The van der Waals surface area contributed by atoms with E-state index in [1.165, 1.54) is 4.90 Å². The van der Waals surface area contributed by atoms with E-state index >= 15 is 0 Å². The number of ether oxygens (including phenoxy) is 1. The normalized spacial score (nSPS) is 13.3. The third-order valence-corrected chi connectivity index (χ3v) is 4.26. The van der Waals surface area contributed by atoms with Crippen molar-refractivity contribution >= 4 is 46.8 Å². The first-order chi connectivity index (χ1) is 14.0. The van der Waals surface area contributed by atoms with E-state index in [0.29, 0.717) is 0 Å². The SMILES string of the molecule is CS(=O)(=O)Cl.C[C@H](COS(C)(=O)=O)N(Cc1cccc2cc[nH]c12)C(=O)OC(C)(C)C. The van der Waals surface area contributed by atoms with Crippen LogP contribution >= 0.6 is 10.7 Å². The number of hydrogen-bond donors (Lipinski definition) is 1. The molecule has 0 radical (unpaired) electrons. The van der Waals surface area contributed by atoms with Gasteiger partial charge in [-0.2, -0.15) is 8.42 Å². The molecule has 1 aromatic heterocycles. The van der Waals surface area contributed by atoms with E-state index in [9.17, 15) is 21.6 Å². The van der Waals surface area contributed by atoms with Gasteiger partial charge in [-0.3, -0.25) is 9.08 Å². The Morgan fingerprint density at radius 3 is 2.26 bits per heavy atom. The lowest BCUT2D eigenvalue weighted by atomic mass is 10.1. The average molecular weight is 497 g/mol. The summed E-state index contributed by atoms with van der Waals surface area (Å²) in [5.74, 6) is 0. The van der Waals surface area contributed by atoms with Crippen molar-refractivity contribution in [3.8, 4) is 0 Å². The molecular weight excluding hydrogens is 468 g/mol. The van der Waals surface area contributed by atoms with Crippen molar-refractivity contribution in [1.82, 2.24) is 9.88 Å². The zero-order valence-electron chi connectivity index (χ0n) is 18.4. The Morgan fingerprint density at radius 2 is 1.74 bits per heavy atom. The van der Waals surface area contributed by atoms with Gasteiger partial charge in [-0.1, -0.05) is 18.2 Å². The van der Waals surface area contributed by atoms with Crippen LogP contribution in [-0.4, -0.2) is 63.6 Å². The highest BCUT2D eigenvalue weighted by molar-refractivity contribution is 8.13. The zero-order valence-corrected chi connectivity index (χ0v) is 20.8. The Balaban J connectivity index is 0.000000861. The van der Waals surface area contributed by atoms with Gasteiger partial charge in [0.15, 0.2) is 0 Å². The fraction of sp³-hybridized carbons (Fsp3) is 0.526. The summed E-state index contributed by atoms with van der Waals surface area (Å²) >= 11 is 0. The molecule has 9 nitrogen and oxygen atoms in total. The standard InChI is InChI=1S/C18H26N2O5S.CH3ClO2S/c1-13(12-24-26(5,22)23)20(17(21)25-18(2,3)4)11-15-8-6-7-14-9-10-19-16(14)15;1-5(2,3)4/h6-10,13,19H,11-12H2,1-5H3;1H3/t13-;/m1./s1. The van der Waals surface area contributed by atoms with E-state index in [0.717, 1.165) is 29.0 Å². The monoisotopic (exact) mass is 496 g/mol. The quantitative estimate of drug-likeness (QED) is 0.479. The number of amides is 1. The molecule has 0 aliphatic rings. The number of fused-ring (bicyclic) bond motifs is 1. The zero-order chi connectivity index (χ0) is 24.0. The second kappa shape index (κ2) is 10.7. The van der Waals surface area contributed by atoms with Gasteiger partial charge in [-0.05, 0) is 44.7 Å². The van der Waals surface area contributed by atoms with Crippen molar-refractivity contribution in [1.29, 1.82) is 0 Å². The molecule has 1 heterocycles. The number of nitrogens with one attached hydrogen (secondary N) is 1. The van der Waals surface area contributed by atoms with Crippen LogP contribution < -0.4 is 0 Å². The van der Waals surface area contributed by atoms with Crippen molar-refractivity contribution < 1.29 is 30.6 Å². The molecule has 0 saturated heterocycles. The topological polar surface area (TPSA) is 123 Å². The number of hydrogen-bond acceptors (Lipinski definition) is 7. The van der Waals surface area contributed by atoms with E-state index in [1.54, 1.807) is 27.7 Å². The summed E-state index contributed by atoms with van der Waals surface area (Å²) in [5, 5.41) is 1.03. The molecular formula is C19H29ClN2O7S2. The van der Waals surface area contributed by atoms with Gasteiger partial charge in [0.25, 0.3) is 10.1 Å². The second-order valence-corrected chi connectivity index (χ2v) is 12.7. The molecule has 12 heteroatoms. The largest absolute Gasteiger partial charge is 0.444 e. The predicted molar refractivity (Wildman–Crippen MR) is 121 cm³/mol. The lowest BCUT2D eigenvalue weighted by molar-refractivity contribution is 0.0111. The summed E-state index contributed by atoms with van der Waals surface area (Å²) in [6, 6.07) is 7.26. The van der Waals surface area contributed by atoms with Crippen molar-refractivity contribution in [2.45, 2.75) is 45.9 Å². The van der Waals surface area contributed by atoms with Gasteiger partial charge >= 0.3 is 6.09 Å². The van der Waals surface area contributed by atoms with Gasteiger partial charge < -0.3 is 9.72 Å². The van der Waals surface area contributed by atoms with E-state index < -0.39 is 36.9 Å². The highest BCUT2D eigenvalue weighted by atomic mass is 35.7. The Morgan fingerprint density at radius 1 is 1.16 bits per heavy atom. The lowest BCUT2D eigenvalue weighted by Gasteiger charge is -2.31. The fourth-order valence-corrected chi connectivity index (χ4v) is 2.94. The average Bonchev–Trinajstić information content (AvgIpc) is 3.03. The molecule has 0 saturated carbocycles. The summed E-state index contributed by atoms with van der Waals surface area (Å²) in [4.78, 5) is 17.3. The molecule has 0 bridgehead atoms. The molecule has 0 spiro atoms. The van der Waals surface area contributed by atoms with Crippen LogP contribution in [0.2, 0.25) is 0 Å². The smallest absolute Gasteiger partial charge is 0.410 e. The van der Waals surface area contributed by atoms with E-state index in [1.807, 2.05) is 30.5 Å². The van der Waals surface area contributed by atoms with Gasteiger partial charge in [-0.15, -0.1) is 0 Å². The lowest BCUT2D eigenvalue weighted by Crippen LogP contribution is -2.44. The van der Waals surface area contributed by atoms with Crippen LogP contribution in [0.5, 0.6) is 0 Å². The van der Waals surface area contributed by atoms with E-state index in [-0.39, 0.29) is 13.2 Å². The minimum absolute atomic E-state index is 0.140. The van der Waals surface area contributed by atoms with Gasteiger partial charge in [-0.25, -0.2) is 13.2 Å². The first-order valence-corrected chi connectivity index (χ1v) is 13.8. The molecule has 0 aliphatic carbocycles. The molecule has 1 N–H and O–H groups in total. The molecule has 0 aliphatic heterocycles. The van der Waals surface area contributed by atoms with Crippen molar-refractivity contribution in [3.63, 3.8) is 0 Å². The highest BCUT2D eigenvalue weighted by Gasteiger charge is 2.27. The number of carbonyl (C=O) groups excluding carboxylic acids is 1. The number of nitrogens with zero attached hydrogens (tertiary/aromatic N) is 1. The number of halogens is 1. The number of aromatic amines is 1. The van der Waals surface area contributed by atoms with Crippen molar-refractivity contribution in [2.24, 2.45) is 0 Å². The third kappa shape index (κ3) is 11.4.